The van der Waals surface area contributed by atoms with Crippen molar-refractivity contribution in [2.75, 3.05) is 10.8 Å². The molecule has 0 unspecified atom stereocenters. The Morgan fingerprint density at radius 2 is 1.74 bits per heavy atom. The van der Waals surface area contributed by atoms with E-state index < -0.39 is 22.5 Å². The summed E-state index contributed by atoms with van der Waals surface area (Å²) in [5, 5.41) is 0. The van der Waals surface area contributed by atoms with Crippen LogP contribution in [0.25, 0.3) is 0 Å². The molecule has 2 N–H and O–H groups in total. The van der Waals surface area contributed by atoms with E-state index in [1.54, 1.807) is 24.3 Å². The summed E-state index contributed by atoms with van der Waals surface area (Å²) in [6.07, 6.45) is 0. The monoisotopic (exact) mass is 396 g/mol. The number of carbonyl (C=O) groups excluding carboxylic acids is 1. The third-order valence-corrected chi connectivity index (χ3v) is 5.85. The topological polar surface area (TPSA) is 80.5 Å². The van der Waals surface area contributed by atoms with E-state index in [2.05, 4.69) is 15.9 Å². The first-order valence-electron chi connectivity index (χ1n) is 6.86. The van der Waals surface area contributed by atoms with E-state index in [4.69, 9.17) is 5.73 Å². The van der Waals surface area contributed by atoms with Crippen molar-refractivity contribution >= 4 is 37.5 Å². The summed E-state index contributed by atoms with van der Waals surface area (Å²) in [6.45, 7) is 3.28. The molecule has 1 amide bonds. The summed E-state index contributed by atoms with van der Waals surface area (Å²) in [6, 6.07) is 11.5. The highest BCUT2D eigenvalue weighted by molar-refractivity contribution is 9.10. The Kier molecular flexibility index (Phi) is 5.11. The van der Waals surface area contributed by atoms with Crippen molar-refractivity contribution in [1.29, 1.82) is 0 Å². The second kappa shape index (κ2) is 6.72. The van der Waals surface area contributed by atoms with Gasteiger partial charge in [-0.3, -0.25) is 9.10 Å². The number of carbonyl (C=O) groups is 1. The van der Waals surface area contributed by atoms with Gasteiger partial charge in [0.25, 0.3) is 10.0 Å². The van der Waals surface area contributed by atoms with E-state index in [0.29, 0.717) is 5.69 Å². The summed E-state index contributed by atoms with van der Waals surface area (Å²) in [5.41, 5.74) is 7.44. The Morgan fingerprint density at radius 1 is 1.13 bits per heavy atom. The molecule has 0 aliphatic rings. The summed E-state index contributed by atoms with van der Waals surface area (Å²) in [5.74, 6) is -0.716. The van der Waals surface area contributed by atoms with Gasteiger partial charge in [-0.05, 0) is 55.3 Å². The molecule has 0 aliphatic carbocycles. The zero-order valence-electron chi connectivity index (χ0n) is 12.8. The molecule has 0 saturated carbocycles. The van der Waals surface area contributed by atoms with Crippen LogP contribution >= 0.6 is 15.9 Å². The van der Waals surface area contributed by atoms with E-state index in [0.717, 1.165) is 19.9 Å². The maximum absolute atomic E-state index is 12.9. The highest BCUT2D eigenvalue weighted by Crippen LogP contribution is 2.28. The van der Waals surface area contributed by atoms with Crippen LogP contribution in [0.5, 0.6) is 0 Å². The lowest BCUT2D eigenvalue weighted by atomic mass is 10.1. The van der Waals surface area contributed by atoms with E-state index >= 15 is 0 Å². The molecule has 0 spiro atoms. The largest absolute Gasteiger partial charge is 0.368 e. The van der Waals surface area contributed by atoms with Crippen LogP contribution in [0, 0.1) is 13.8 Å². The Hall–Kier alpha value is -1.86. The number of halogens is 1. The molecule has 2 aromatic rings. The van der Waals surface area contributed by atoms with Crippen molar-refractivity contribution in [2.24, 2.45) is 5.73 Å². The SMILES string of the molecule is Cc1cccc(N(CC(N)=O)S(=O)(=O)c2ccc(Br)cc2)c1C. The first-order valence-corrected chi connectivity index (χ1v) is 9.09. The quantitative estimate of drug-likeness (QED) is 0.843. The van der Waals surface area contributed by atoms with Gasteiger partial charge < -0.3 is 5.73 Å². The molecule has 122 valence electrons. The third-order valence-electron chi connectivity index (χ3n) is 3.55. The number of nitrogens with two attached hydrogens (primary N) is 1. The van der Waals surface area contributed by atoms with Gasteiger partial charge in [-0.25, -0.2) is 8.42 Å². The highest BCUT2D eigenvalue weighted by atomic mass is 79.9. The van der Waals surface area contributed by atoms with Gasteiger partial charge in [-0.1, -0.05) is 28.1 Å². The molecule has 2 rings (SSSR count). The number of rotatable bonds is 5. The number of hydrogen-bond acceptors (Lipinski definition) is 3. The summed E-state index contributed by atoms with van der Waals surface area (Å²) in [7, 11) is -3.89. The van der Waals surface area contributed by atoms with E-state index in [-0.39, 0.29) is 4.90 Å². The van der Waals surface area contributed by atoms with Gasteiger partial charge in [0, 0.05) is 4.47 Å². The minimum absolute atomic E-state index is 0.0999. The number of sulfonamides is 1. The second-order valence-corrected chi connectivity index (χ2v) is 7.93. The van der Waals surface area contributed by atoms with Crippen LogP contribution in [0.2, 0.25) is 0 Å². The molecular formula is C16H17BrN2O3S. The fraction of sp³-hybridized carbons (Fsp3) is 0.188. The second-order valence-electron chi connectivity index (χ2n) is 5.15. The van der Waals surface area contributed by atoms with Crippen LogP contribution in [0.15, 0.2) is 51.8 Å². The average Bonchev–Trinajstić information content (AvgIpc) is 2.48. The van der Waals surface area contributed by atoms with Crippen molar-refractivity contribution in [3.8, 4) is 0 Å². The van der Waals surface area contributed by atoms with E-state index in [1.165, 1.54) is 12.1 Å². The lowest BCUT2D eigenvalue weighted by molar-refractivity contribution is -0.116. The minimum Gasteiger partial charge on any atom is -0.368 e. The number of nitrogens with zero attached hydrogens (tertiary/aromatic N) is 1. The molecule has 0 radical (unpaired) electrons. The number of amides is 1. The van der Waals surface area contributed by atoms with E-state index in [9.17, 15) is 13.2 Å². The molecule has 0 heterocycles. The molecule has 7 heteroatoms. The predicted molar refractivity (Wildman–Crippen MR) is 93.8 cm³/mol. The molecule has 0 aromatic heterocycles. The normalized spacial score (nSPS) is 11.3. The fourth-order valence-electron chi connectivity index (χ4n) is 2.18. The molecule has 0 bridgehead atoms. The summed E-state index contributed by atoms with van der Waals surface area (Å²) in [4.78, 5) is 11.5. The fourth-order valence-corrected chi connectivity index (χ4v) is 3.93. The lowest BCUT2D eigenvalue weighted by Gasteiger charge is -2.25. The minimum atomic E-state index is -3.89. The van der Waals surface area contributed by atoms with Crippen LogP contribution in [0.1, 0.15) is 11.1 Å². The first kappa shape index (κ1) is 17.5. The Morgan fingerprint density at radius 3 is 2.30 bits per heavy atom. The highest BCUT2D eigenvalue weighted by Gasteiger charge is 2.27. The standard InChI is InChI=1S/C16H17BrN2O3S/c1-11-4-3-5-15(12(11)2)19(10-16(18)20)23(21,22)14-8-6-13(17)7-9-14/h3-9H,10H2,1-2H3,(H2,18,20). The van der Waals surface area contributed by atoms with Gasteiger partial charge in [0.05, 0.1) is 10.6 Å². The third kappa shape index (κ3) is 3.73. The van der Waals surface area contributed by atoms with Crippen LogP contribution in [0.4, 0.5) is 5.69 Å². The van der Waals surface area contributed by atoms with Gasteiger partial charge >= 0.3 is 0 Å². The van der Waals surface area contributed by atoms with Gasteiger partial charge in [0.1, 0.15) is 6.54 Å². The molecule has 5 nitrogen and oxygen atoms in total. The molecular weight excluding hydrogens is 380 g/mol. The first-order chi connectivity index (χ1) is 10.7. The van der Waals surface area contributed by atoms with Gasteiger partial charge in [0.15, 0.2) is 0 Å². The van der Waals surface area contributed by atoms with Crippen molar-refractivity contribution in [1.82, 2.24) is 0 Å². The number of aryl methyl sites for hydroxylation is 1. The Balaban J connectivity index is 2.60. The average molecular weight is 397 g/mol. The van der Waals surface area contributed by atoms with Crippen molar-refractivity contribution < 1.29 is 13.2 Å². The Bertz CT molecular complexity index is 833. The lowest BCUT2D eigenvalue weighted by Crippen LogP contribution is -2.39. The molecule has 23 heavy (non-hydrogen) atoms. The molecule has 0 aliphatic heterocycles. The van der Waals surface area contributed by atoms with Gasteiger partial charge in [-0.15, -0.1) is 0 Å². The molecule has 2 aromatic carbocycles. The summed E-state index contributed by atoms with van der Waals surface area (Å²) >= 11 is 3.27. The van der Waals surface area contributed by atoms with Crippen molar-refractivity contribution in [3.63, 3.8) is 0 Å². The van der Waals surface area contributed by atoms with Crippen molar-refractivity contribution in [3.05, 3.63) is 58.1 Å². The predicted octanol–water partition coefficient (Wildman–Crippen LogP) is 2.75. The maximum Gasteiger partial charge on any atom is 0.264 e. The molecule has 0 saturated heterocycles. The van der Waals surface area contributed by atoms with Crippen LogP contribution < -0.4 is 10.0 Å². The van der Waals surface area contributed by atoms with Crippen LogP contribution in [-0.2, 0) is 14.8 Å². The van der Waals surface area contributed by atoms with E-state index in [1.807, 2.05) is 19.9 Å². The van der Waals surface area contributed by atoms with Crippen LogP contribution in [0.3, 0.4) is 0 Å². The van der Waals surface area contributed by atoms with Gasteiger partial charge in [0.2, 0.25) is 5.91 Å². The van der Waals surface area contributed by atoms with Crippen LogP contribution in [-0.4, -0.2) is 20.9 Å². The zero-order valence-corrected chi connectivity index (χ0v) is 15.2. The maximum atomic E-state index is 12.9. The molecule has 0 atom stereocenters. The number of benzene rings is 2. The number of primary amides is 1. The number of hydrogen-bond donors (Lipinski definition) is 1. The molecule has 0 fully saturated rings. The number of anilines is 1. The Labute approximate surface area is 144 Å². The van der Waals surface area contributed by atoms with Gasteiger partial charge in [-0.2, -0.15) is 0 Å². The van der Waals surface area contributed by atoms with Crippen molar-refractivity contribution in [2.45, 2.75) is 18.7 Å². The zero-order chi connectivity index (χ0) is 17.2. The summed E-state index contributed by atoms with van der Waals surface area (Å²) < 4.78 is 27.7. The smallest absolute Gasteiger partial charge is 0.264 e.